The molecule has 0 heterocycles. The Labute approximate surface area is 112 Å². The zero-order valence-corrected chi connectivity index (χ0v) is 10.2. The molecule has 0 aromatic carbocycles. The van der Waals surface area contributed by atoms with Crippen LogP contribution in [0, 0.1) is 23.7 Å². The van der Waals surface area contributed by atoms with E-state index in [2.05, 4.69) is 0 Å². The number of hydrogen-bond acceptors (Lipinski definition) is 0. The molecule has 2 aliphatic rings. The first-order valence-electron chi connectivity index (χ1n) is 6.10. The van der Waals surface area contributed by atoms with Gasteiger partial charge in [0, 0.05) is 5.92 Å². The fraction of sp³-hybridized carbons (Fsp3) is 1.00. The lowest BCUT2D eigenvalue weighted by molar-refractivity contribution is -0.375. The normalized spacial score (nSPS) is 34.6. The fourth-order valence-electron chi connectivity index (χ4n) is 3.87. The van der Waals surface area contributed by atoms with E-state index in [1.165, 1.54) is 0 Å². The summed E-state index contributed by atoms with van der Waals surface area (Å²) in [6.07, 6.45) is -19.0. The molecule has 2 saturated carbocycles. The zero-order valence-electron chi connectivity index (χ0n) is 10.2. The molecule has 10 heteroatoms. The molecule has 0 aromatic rings. The van der Waals surface area contributed by atoms with Crippen molar-refractivity contribution >= 4 is 0 Å². The number of hydrogen-bond donors (Lipinski definition) is 0. The minimum absolute atomic E-state index is 0.128. The maximum absolute atomic E-state index is 14.0. The zero-order chi connectivity index (χ0) is 16.4. The molecule has 0 saturated heterocycles. The van der Waals surface area contributed by atoms with Crippen LogP contribution in [0.5, 0.6) is 0 Å². The third-order valence-corrected chi connectivity index (χ3v) is 4.58. The fourth-order valence-corrected chi connectivity index (χ4v) is 3.87. The molecule has 0 nitrogen and oxygen atoms in total. The smallest absolute Gasteiger partial charge is 0.223 e. The summed E-state index contributed by atoms with van der Waals surface area (Å²) in [4.78, 5) is 0. The van der Waals surface area contributed by atoms with Crippen LogP contribution < -0.4 is 0 Å². The number of alkyl halides is 10. The SMILES string of the molecule is FC(F)(F)C1C2CCC(C2)C1C(F)(C(F)(F)F)C(F)(F)F. The van der Waals surface area contributed by atoms with E-state index < -0.39 is 54.3 Å². The van der Waals surface area contributed by atoms with Crippen molar-refractivity contribution < 1.29 is 43.9 Å². The van der Waals surface area contributed by atoms with Gasteiger partial charge in [0.25, 0.3) is 0 Å². The maximum atomic E-state index is 14.0. The van der Waals surface area contributed by atoms with Gasteiger partial charge in [-0.05, 0) is 31.1 Å². The molecule has 0 spiro atoms. The van der Waals surface area contributed by atoms with E-state index in [-0.39, 0.29) is 12.8 Å². The second-order valence-corrected chi connectivity index (χ2v) is 5.63. The molecule has 4 atom stereocenters. The van der Waals surface area contributed by atoms with Gasteiger partial charge in [0.1, 0.15) is 0 Å². The van der Waals surface area contributed by atoms with E-state index in [1.807, 2.05) is 0 Å². The van der Waals surface area contributed by atoms with Gasteiger partial charge in [0.15, 0.2) is 0 Å². The first-order chi connectivity index (χ1) is 9.21. The van der Waals surface area contributed by atoms with Gasteiger partial charge in [0.2, 0.25) is 0 Å². The largest absolute Gasteiger partial charge is 0.431 e. The van der Waals surface area contributed by atoms with E-state index >= 15 is 0 Å². The molecule has 2 rings (SSSR count). The highest BCUT2D eigenvalue weighted by molar-refractivity contribution is 5.12. The first-order valence-corrected chi connectivity index (χ1v) is 6.10. The number of halogens is 10. The van der Waals surface area contributed by atoms with Crippen molar-refractivity contribution in [1.82, 2.24) is 0 Å². The summed E-state index contributed by atoms with van der Waals surface area (Å²) in [7, 11) is 0. The Bertz CT molecular complexity index is 389. The Morgan fingerprint density at radius 2 is 0.952 bits per heavy atom. The van der Waals surface area contributed by atoms with Crippen LogP contribution in [0.1, 0.15) is 19.3 Å². The molecule has 2 fully saturated rings. The average molecular weight is 332 g/mol. The Hall–Kier alpha value is -0.700. The Morgan fingerprint density at radius 1 is 0.571 bits per heavy atom. The van der Waals surface area contributed by atoms with Crippen molar-refractivity contribution in [3.8, 4) is 0 Å². The van der Waals surface area contributed by atoms with E-state index in [0.717, 1.165) is 0 Å². The van der Waals surface area contributed by atoms with Gasteiger partial charge in [-0.25, -0.2) is 4.39 Å². The topological polar surface area (TPSA) is 0 Å². The highest BCUT2D eigenvalue weighted by Crippen LogP contribution is 2.66. The van der Waals surface area contributed by atoms with Gasteiger partial charge in [0.05, 0.1) is 5.92 Å². The molecule has 0 aliphatic heterocycles. The van der Waals surface area contributed by atoms with Gasteiger partial charge >= 0.3 is 24.2 Å². The van der Waals surface area contributed by atoms with E-state index in [4.69, 9.17) is 0 Å². The Morgan fingerprint density at radius 3 is 1.29 bits per heavy atom. The summed E-state index contributed by atoms with van der Waals surface area (Å²) in [6, 6.07) is 0. The lowest BCUT2D eigenvalue weighted by Crippen LogP contribution is -2.62. The van der Waals surface area contributed by atoms with Gasteiger partial charge in [-0.2, -0.15) is 39.5 Å². The molecule has 0 aromatic heterocycles. The van der Waals surface area contributed by atoms with Crippen LogP contribution in [0.25, 0.3) is 0 Å². The Balaban J connectivity index is 2.54. The van der Waals surface area contributed by atoms with E-state index in [0.29, 0.717) is 0 Å². The molecule has 4 unspecified atom stereocenters. The second-order valence-electron chi connectivity index (χ2n) is 5.63. The molecule has 2 aliphatic carbocycles. The molecule has 124 valence electrons. The summed E-state index contributed by atoms with van der Waals surface area (Å²) in [5.74, 6) is -9.00. The van der Waals surface area contributed by atoms with Crippen molar-refractivity contribution in [3.05, 3.63) is 0 Å². The molecule has 0 N–H and O–H groups in total. The lowest BCUT2D eigenvalue weighted by atomic mass is 9.69. The van der Waals surface area contributed by atoms with Crippen LogP contribution in [0.2, 0.25) is 0 Å². The van der Waals surface area contributed by atoms with Gasteiger partial charge < -0.3 is 0 Å². The molecular formula is C11H10F10. The quantitative estimate of drug-likeness (QED) is 0.590. The summed E-state index contributed by atoms with van der Waals surface area (Å²) < 4.78 is 129. The molecular weight excluding hydrogens is 322 g/mol. The predicted molar refractivity (Wildman–Crippen MR) is 49.8 cm³/mol. The highest BCUT2D eigenvalue weighted by Gasteiger charge is 2.81. The van der Waals surface area contributed by atoms with E-state index in [1.54, 1.807) is 0 Å². The van der Waals surface area contributed by atoms with Crippen molar-refractivity contribution in [1.29, 1.82) is 0 Å². The van der Waals surface area contributed by atoms with Gasteiger partial charge in [-0.15, -0.1) is 0 Å². The molecule has 0 radical (unpaired) electrons. The van der Waals surface area contributed by atoms with Crippen LogP contribution in [0.4, 0.5) is 43.9 Å². The van der Waals surface area contributed by atoms with Crippen LogP contribution in [-0.4, -0.2) is 24.2 Å². The summed E-state index contributed by atoms with van der Waals surface area (Å²) in [5.41, 5.74) is -5.83. The molecule has 21 heavy (non-hydrogen) atoms. The van der Waals surface area contributed by atoms with Gasteiger partial charge in [-0.3, -0.25) is 0 Å². The van der Waals surface area contributed by atoms with E-state index in [9.17, 15) is 43.9 Å². The summed E-state index contributed by atoms with van der Waals surface area (Å²) >= 11 is 0. The van der Waals surface area contributed by atoms with Crippen LogP contribution in [0.3, 0.4) is 0 Å². The maximum Gasteiger partial charge on any atom is 0.431 e. The summed E-state index contributed by atoms with van der Waals surface area (Å²) in [5, 5.41) is 0. The monoisotopic (exact) mass is 332 g/mol. The standard InChI is InChI=1S/C11H10F10/c12-8(10(16,17)18,11(19,20)21)6-4-1-2-5(3-4)7(6)9(13,14)15/h4-7H,1-3H2. The molecule has 0 amide bonds. The van der Waals surface area contributed by atoms with Crippen molar-refractivity contribution in [2.24, 2.45) is 23.7 Å². The predicted octanol–water partition coefficient (Wildman–Crippen LogP) is 5.04. The van der Waals surface area contributed by atoms with Gasteiger partial charge in [-0.1, -0.05) is 0 Å². The Kier molecular flexibility index (Phi) is 3.50. The number of rotatable bonds is 1. The minimum atomic E-state index is -6.44. The summed E-state index contributed by atoms with van der Waals surface area (Å²) in [6.45, 7) is 0. The van der Waals surface area contributed by atoms with Crippen LogP contribution in [0.15, 0.2) is 0 Å². The highest BCUT2D eigenvalue weighted by atomic mass is 19.4. The van der Waals surface area contributed by atoms with Crippen LogP contribution in [-0.2, 0) is 0 Å². The average Bonchev–Trinajstić information content (AvgIpc) is 2.82. The third kappa shape index (κ3) is 2.28. The molecule has 2 bridgehead atoms. The van der Waals surface area contributed by atoms with Crippen molar-refractivity contribution in [2.75, 3.05) is 0 Å². The lowest BCUT2D eigenvalue weighted by Gasteiger charge is -2.43. The minimum Gasteiger partial charge on any atom is -0.223 e. The third-order valence-electron chi connectivity index (χ3n) is 4.58. The van der Waals surface area contributed by atoms with Crippen LogP contribution >= 0.6 is 0 Å². The second kappa shape index (κ2) is 4.41. The number of fused-ring (bicyclic) bond motifs is 2. The van der Waals surface area contributed by atoms with Crippen molar-refractivity contribution in [2.45, 2.75) is 43.5 Å². The van der Waals surface area contributed by atoms with Crippen molar-refractivity contribution in [3.63, 3.8) is 0 Å². The first kappa shape index (κ1) is 16.7.